The zero-order valence-electron chi connectivity index (χ0n) is 11.3. The number of rotatable bonds is 3. The van der Waals surface area contributed by atoms with Crippen molar-refractivity contribution in [3.63, 3.8) is 0 Å². The number of nitrogens with zero attached hydrogens (tertiary/aromatic N) is 2. The molecule has 1 aromatic rings. The molecule has 0 aromatic carbocycles. The number of aromatic nitrogens is 1. The number of carbonyl (C=O) groups is 1. The van der Waals surface area contributed by atoms with Gasteiger partial charge in [0.25, 0.3) is 5.91 Å². The van der Waals surface area contributed by atoms with Crippen LogP contribution in [0, 0.1) is 0 Å². The van der Waals surface area contributed by atoms with E-state index in [0.717, 1.165) is 19.6 Å². The highest BCUT2D eigenvalue weighted by molar-refractivity contribution is 5.93. The highest BCUT2D eigenvalue weighted by atomic mass is 16.2. The Labute approximate surface area is 112 Å². The molecule has 0 saturated carbocycles. The van der Waals surface area contributed by atoms with Gasteiger partial charge in [0, 0.05) is 50.0 Å². The van der Waals surface area contributed by atoms with Gasteiger partial charge in [-0.05, 0) is 20.2 Å². The number of hydrogen-bond donors (Lipinski definition) is 2. The number of amides is 1. The predicted octanol–water partition coefficient (Wildman–Crippen LogP) is -0.649. The molecule has 0 radical (unpaired) electrons. The summed E-state index contributed by atoms with van der Waals surface area (Å²) in [4.78, 5) is 30.1. The van der Waals surface area contributed by atoms with E-state index in [9.17, 15) is 9.59 Å². The van der Waals surface area contributed by atoms with Gasteiger partial charge in [-0.25, -0.2) is 0 Å². The fourth-order valence-electron chi connectivity index (χ4n) is 2.22. The minimum atomic E-state index is -0.262. The third kappa shape index (κ3) is 3.65. The summed E-state index contributed by atoms with van der Waals surface area (Å²) in [5, 5.41) is 2.89. The second kappa shape index (κ2) is 5.99. The van der Waals surface area contributed by atoms with Crippen molar-refractivity contribution in [2.45, 2.75) is 6.04 Å². The Morgan fingerprint density at radius 1 is 1.47 bits per heavy atom. The molecular weight excluding hydrogens is 244 g/mol. The number of piperazine rings is 1. The molecular formula is C13H20N4O2. The van der Waals surface area contributed by atoms with Crippen LogP contribution < -0.4 is 10.9 Å². The molecule has 1 aliphatic heterocycles. The third-order valence-electron chi connectivity index (χ3n) is 3.52. The van der Waals surface area contributed by atoms with Crippen LogP contribution in [0.4, 0.5) is 0 Å². The molecule has 1 saturated heterocycles. The monoisotopic (exact) mass is 264 g/mol. The molecule has 1 fully saturated rings. The molecule has 104 valence electrons. The van der Waals surface area contributed by atoms with E-state index >= 15 is 0 Å². The smallest absolute Gasteiger partial charge is 0.251 e. The van der Waals surface area contributed by atoms with Crippen molar-refractivity contribution in [3.05, 3.63) is 34.2 Å². The summed E-state index contributed by atoms with van der Waals surface area (Å²) in [6.45, 7) is 3.58. The first-order chi connectivity index (χ1) is 9.06. The molecule has 1 unspecified atom stereocenters. The zero-order chi connectivity index (χ0) is 13.8. The van der Waals surface area contributed by atoms with Gasteiger partial charge in [0.1, 0.15) is 0 Å². The lowest BCUT2D eigenvalue weighted by atomic mass is 10.1. The van der Waals surface area contributed by atoms with E-state index in [1.165, 1.54) is 12.3 Å². The van der Waals surface area contributed by atoms with Crippen LogP contribution in [0.5, 0.6) is 0 Å². The van der Waals surface area contributed by atoms with Crippen LogP contribution in [-0.2, 0) is 0 Å². The summed E-state index contributed by atoms with van der Waals surface area (Å²) in [6.07, 6.45) is 1.48. The van der Waals surface area contributed by atoms with Crippen molar-refractivity contribution >= 4 is 5.91 Å². The summed E-state index contributed by atoms with van der Waals surface area (Å²) < 4.78 is 0. The van der Waals surface area contributed by atoms with Gasteiger partial charge in [0.2, 0.25) is 5.56 Å². The van der Waals surface area contributed by atoms with Gasteiger partial charge in [-0.2, -0.15) is 0 Å². The summed E-state index contributed by atoms with van der Waals surface area (Å²) in [5.41, 5.74) is 0.137. The zero-order valence-corrected chi connectivity index (χ0v) is 11.3. The minimum Gasteiger partial charge on any atom is -0.350 e. The van der Waals surface area contributed by atoms with Crippen molar-refractivity contribution < 1.29 is 4.79 Å². The predicted molar refractivity (Wildman–Crippen MR) is 73.3 cm³/mol. The number of aromatic amines is 1. The number of hydrogen-bond acceptors (Lipinski definition) is 4. The number of H-pyrrole nitrogens is 1. The van der Waals surface area contributed by atoms with E-state index < -0.39 is 0 Å². The Kier molecular flexibility index (Phi) is 4.34. The maximum absolute atomic E-state index is 11.9. The van der Waals surface area contributed by atoms with Crippen LogP contribution in [-0.4, -0.2) is 67.0 Å². The van der Waals surface area contributed by atoms with E-state index in [1.807, 2.05) is 0 Å². The van der Waals surface area contributed by atoms with E-state index in [4.69, 9.17) is 0 Å². The van der Waals surface area contributed by atoms with Gasteiger partial charge in [-0.3, -0.25) is 14.5 Å². The highest BCUT2D eigenvalue weighted by Crippen LogP contribution is 2.05. The lowest BCUT2D eigenvalue weighted by molar-refractivity contribution is 0.0881. The average molecular weight is 264 g/mol. The van der Waals surface area contributed by atoms with Crippen LogP contribution in [0.1, 0.15) is 10.4 Å². The Balaban J connectivity index is 1.91. The molecule has 0 spiro atoms. The van der Waals surface area contributed by atoms with E-state index in [-0.39, 0.29) is 11.5 Å². The standard InChI is InChI=1S/C13H20N4O2/c1-16-5-6-17(2)11(9-16)8-15-13(19)10-3-4-14-12(18)7-10/h3-4,7,11H,5-6,8-9H2,1-2H3,(H,14,18)(H,15,19). The molecule has 0 bridgehead atoms. The third-order valence-corrected chi connectivity index (χ3v) is 3.52. The molecule has 0 aliphatic carbocycles. The van der Waals surface area contributed by atoms with Gasteiger partial charge in [0.05, 0.1) is 0 Å². The fraction of sp³-hybridized carbons (Fsp3) is 0.538. The molecule has 1 aromatic heterocycles. The maximum Gasteiger partial charge on any atom is 0.251 e. The first kappa shape index (κ1) is 13.8. The van der Waals surface area contributed by atoms with Gasteiger partial charge in [0.15, 0.2) is 0 Å². The van der Waals surface area contributed by atoms with E-state index in [2.05, 4.69) is 34.2 Å². The fourth-order valence-corrected chi connectivity index (χ4v) is 2.22. The molecule has 2 heterocycles. The topological polar surface area (TPSA) is 68.4 Å². The molecule has 1 aliphatic rings. The Hall–Kier alpha value is -1.66. The summed E-state index contributed by atoms with van der Waals surface area (Å²) in [6, 6.07) is 3.23. The van der Waals surface area contributed by atoms with Crippen molar-refractivity contribution in [1.82, 2.24) is 20.1 Å². The number of nitrogens with one attached hydrogen (secondary N) is 2. The van der Waals surface area contributed by atoms with Gasteiger partial charge in [-0.1, -0.05) is 0 Å². The van der Waals surface area contributed by atoms with Gasteiger partial charge < -0.3 is 15.2 Å². The SMILES string of the molecule is CN1CCN(C)C(CNC(=O)c2cc[nH]c(=O)c2)C1. The van der Waals surface area contributed by atoms with Crippen LogP contribution in [0.25, 0.3) is 0 Å². The minimum absolute atomic E-state index is 0.201. The molecule has 1 atom stereocenters. The Morgan fingerprint density at radius 2 is 2.26 bits per heavy atom. The summed E-state index contributed by atoms with van der Waals surface area (Å²) in [5.74, 6) is -0.201. The molecule has 2 rings (SSSR count). The number of carbonyl (C=O) groups excluding carboxylic acids is 1. The van der Waals surface area contributed by atoms with Crippen LogP contribution >= 0.6 is 0 Å². The van der Waals surface area contributed by atoms with Crippen LogP contribution in [0.2, 0.25) is 0 Å². The van der Waals surface area contributed by atoms with E-state index in [1.54, 1.807) is 6.07 Å². The second-order valence-electron chi connectivity index (χ2n) is 5.05. The van der Waals surface area contributed by atoms with Gasteiger partial charge >= 0.3 is 0 Å². The van der Waals surface area contributed by atoms with Crippen LogP contribution in [0.15, 0.2) is 23.1 Å². The molecule has 1 amide bonds. The Bertz CT molecular complexity index is 499. The van der Waals surface area contributed by atoms with Gasteiger partial charge in [-0.15, -0.1) is 0 Å². The molecule has 6 nitrogen and oxygen atoms in total. The largest absolute Gasteiger partial charge is 0.350 e. The maximum atomic E-state index is 11.9. The van der Waals surface area contributed by atoms with E-state index in [0.29, 0.717) is 18.2 Å². The lowest BCUT2D eigenvalue weighted by Gasteiger charge is -2.37. The van der Waals surface area contributed by atoms with Crippen LogP contribution in [0.3, 0.4) is 0 Å². The van der Waals surface area contributed by atoms with Crippen molar-refractivity contribution in [2.75, 3.05) is 40.3 Å². The lowest BCUT2D eigenvalue weighted by Crippen LogP contribution is -2.54. The first-order valence-corrected chi connectivity index (χ1v) is 6.42. The van der Waals surface area contributed by atoms with Crippen molar-refractivity contribution in [1.29, 1.82) is 0 Å². The summed E-state index contributed by atoms with van der Waals surface area (Å²) in [7, 11) is 4.15. The number of pyridine rings is 1. The molecule has 2 N–H and O–H groups in total. The first-order valence-electron chi connectivity index (χ1n) is 6.42. The summed E-state index contributed by atoms with van der Waals surface area (Å²) >= 11 is 0. The normalized spacial score (nSPS) is 21.3. The quantitative estimate of drug-likeness (QED) is 0.761. The van der Waals surface area contributed by atoms with Crippen molar-refractivity contribution in [2.24, 2.45) is 0 Å². The molecule has 6 heteroatoms. The highest BCUT2D eigenvalue weighted by Gasteiger charge is 2.22. The second-order valence-corrected chi connectivity index (χ2v) is 5.05. The van der Waals surface area contributed by atoms with Crippen molar-refractivity contribution in [3.8, 4) is 0 Å². The molecule has 19 heavy (non-hydrogen) atoms. The average Bonchev–Trinajstić information content (AvgIpc) is 2.39. The Morgan fingerprint density at radius 3 is 3.00 bits per heavy atom. The number of likely N-dealkylation sites (N-methyl/N-ethyl adjacent to an activating group) is 2.